The van der Waals surface area contributed by atoms with E-state index in [-0.39, 0.29) is 22.2 Å². The molecule has 0 bridgehead atoms. The number of aryl methyl sites for hydroxylation is 2. The number of carbonyl (C=O) groups excluding carboxylic acids is 1. The molecule has 0 radical (unpaired) electrons. The Morgan fingerprint density at radius 2 is 2.03 bits per heavy atom. The van der Waals surface area contributed by atoms with Crippen molar-refractivity contribution in [1.29, 1.82) is 0 Å². The zero-order valence-corrected chi connectivity index (χ0v) is 17.7. The van der Waals surface area contributed by atoms with Crippen LogP contribution in [0.5, 0.6) is 0 Å². The first-order valence-corrected chi connectivity index (χ1v) is 11.3. The summed E-state index contributed by atoms with van der Waals surface area (Å²) in [5.41, 5.74) is 1.78. The van der Waals surface area contributed by atoms with Crippen molar-refractivity contribution in [2.75, 3.05) is 0 Å². The molecule has 6 nitrogen and oxygen atoms in total. The highest BCUT2D eigenvalue weighted by Gasteiger charge is 2.16. The Kier molecular flexibility index (Phi) is 6.74. The summed E-state index contributed by atoms with van der Waals surface area (Å²) in [5.74, 6) is -0.756. The van der Waals surface area contributed by atoms with Crippen molar-refractivity contribution in [3.8, 4) is 0 Å². The minimum absolute atomic E-state index is 0.0590. The van der Waals surface area contributed by atoms with E-state index >= 15 is 0 Å². The molecule has 2 aromatic heterocycles. The standard InChI is InChI=1S/C19H17ClFN3O3S2/c1-12-24-15(11-28-12)4-7-19(25)13-2-3-14(22-9-13)10-23-29(26,27)16-5-6-18(21)17(20)8-16/h2-3,5-6,8-9,11,23H,4,7,10H2,1H3. The van der Waals surface area contributed by atoms with Crippen LogP contribution in [0.3, 0.4) is 0 Å². The van der Waals surface area contributed by atoms with Crippen LogP contribution in [0.2, 0.25) is 5.02 Å². The van der Waals surface area contributed by atoms with Crippen LogP contribution in [0, 0.1) is 12.7 Å². The highest BCUT2D eigenvalue weighted by atomic mass is 35.5. The molecular formula is C19H17ClFN3O3S2. The Balaban J connectivity index is 1.58. The average Bonchev–Trinajstić information content (AvgIpc) is 3.12. The SMILES string of the molecule is Cc1nc(CCC(=O)c2ccc(CNS(=O)(=O)c3ccc(F)c(Cl)c3)nc2)cs1. The van der Waals surface area contributed by atoms with Crippen LogP contribution in [0.1, 0.15) is 33.2 Å². The van der Waals surface area contributed by atoms with Gasteiger partial charge in [0.15, 0.2) is 5.78 Å². The van der Waals surface area contributed by atoms with Gasteiger partial charge in [0.1, 0.15) is 5.82 Å². The molecule has 152 valence electrons. The number of rotatable bonds is 8. The number of Topliss-reactive ketones (excluding diaryl/α,β-unsaturated/α-hetero) is 1. The number of sulfonamides is 1. The molecular weight excluding hydrogens is 437 g/mol. The van der Waals surface area contributed by atoms with Crippen molar-refractivity contribution in [3.63, 3.8) is 0 Å². The van der Waals surface area contributed by atoms with Crippen molar-refractivity contribution < 1.29 is 17.6 Å². The predicted octanol–water partition coefficient (Wildman–Crippen LogP) is 3.93. The minimum atomic E-state index is -3.88. The first-order chi connectivity index (χ1) is 13.7. The molecule has 0 unspecified atom stereocenters. The fourth-order valence-corrected chi connectivity index (χ4v) is 4.42. The largest absolute Gasteiger partial charge is 0.294 e. The van der Waals surface area contributed by atoms with E-state index in [1.807, 2.05) is 12.3 Å². The molecule has 3 rings (SSSR count). The van der Waals surface area contributed by atoms with Crippen LogP contribution in [0.4, 0.5) is 4.39 Å². The number of nitrogens with one attached hydrogen (secondary N) is 1. The fraction of sp³-hybridized carbons (Fsp3) is 0.211. The summed E-state index contributed by atoms with van der Waals surface area (Å²) in [6, 6.07) is 6.35. The van der Waals surface area contributed by atoms with E-state index in [2.05, 4.69) is 14.7 Å². The van der Waals surface area contributed by atoms with Gasteiger partial charge in [-0.1, -0.05) is 11.6 Å². The second kappa shape index (κ2) is 9.08. The third-order valence-electron chi connectivity index (χ3n) is 4.07. The summed E-state index contributed by atoms with van der Waals surface area (Å²) < 4.78 is 40.2. The second-order valence-electron chi connectivity index (χ2n) is 6.22. The number of carbonyl (C=O) groups is 1. The number of thiazole rings is 1. The summed E-state index contributed by atoms with van der Waals surface area (Å²) in [5, 5.41) is 2.62. The summed E-state index contributed by atoms with van der Waals surface area (Å²) in [4.78, 5) is 20.6. The van der Waals surface area contributed by atoms with E-state index < -0.39 is 15.8 Å². The summed E-state index contributed by atoms with van der Waals surface area (Å²) in [6.07, 6.45) is 2.31. The molecule has 0 atom stereocenters. The maximum atomic E-state index is 13.2. The van der Waals surface area contributed by atoms with Crippen LogP contribution in [-0.4, -0.2) is 24.2 Å². The van der Waals surface area contributed by atoms with Gasteiger partial charge in [-0.05, 0) is 43.7 Å². The van der Waals surface area contributed by atoms with E-state index in [0.717, 1.165) is 28.9 Å². The van der Waals surface area contributed by atoms with Gasteiger partial charge < -0.3 is 0 Å². The molecule has 3 aromatic rings. The van der Waals surface area contributed by atoms with E-state index in [9.17, 15) is 17.6 Å². The predicted molar refractivity (Wildman–Crippen MR) is 109 cm³/mol. The Morgan fingerprint density at radius 3 is 2.66 bits per heavy atom. The molecule has 1 N–H and O–H groups in total. The highest BCUT2D eigenvalue weighted by Crippen LogP contribution is 2.19. The zero-order chi connectivity index (χ0) is 21.0. The number of hydrogen-bond acceptors (Lipinski definition) is 6. The molecule has 0 spiro atoms. The van der Waals surface area contributed by atoms with Gasteiger partial charge in [0, 0.05) is 23.6 Å². The van der Waals surface area contributed by atoms with Crippen LogP contribution < -0.4 is 4.72 Å². The molecule has 0 aliphatic carbocycles. The summed E-state index contributed by atoms with van der Waals surface area (Å²) in [7, 11) is -3.88. The van der Waals surface area contributed by atoms with E-state index in [1.54, 1.807) is 23.5 Å². The van der Waals surface area contributed by atoms with E-state index in [1.165, 1.54) is 6.20 Å². The number of benzene rings is 1. The first kappa shape index (κ1) is 21.5. The molecule has 0 amide bonds. The quantitative estimate of drug-likeness (QED) is 0.522. The molecule has 29 heavy (non-hydrogen) atoms. The molecule has 0 aliphatic heterocycles. The average molecular weight is 454 g/mol. The van der Waals surface area contributed by atoms with Gasteiger partial charge in [-0.3, -0.25) is 9.78 Å². The zero-order valence-electron chi connectivity index (χ0n) is 15.4. The number of halogens is 2. The van der Waals surface area contributed by atoms with Crippen molar-refractivity contribution in [2.45, 2.75) is 31.2 Å². The van der Waals surface area contributed by atoms with Crippen molar-refractivity contribution >= 4 is 38.7 Å². The van der Waals surface area contributed by atoms with Gasteiger partial charge in [-0.15, -0.1) is 11.3 Å². The van der Waals surface area contributed by atoms with Crippen molar-refractivity contribution in [1.82, 2.24) is 14.7 Å². The Bertz CT molecular complexity index is 1130. The Morgan fingerprint density at radius 1 is 1.24 bits per heavy atom. The van der Waals surface area contributed by atoms with Crippen molar-refractivity contribution in [2.24, 2.45) is 0 Å². The van der Waals surface area contributed by atoms with Crippen molar-refractivity contribution in [3.05, 3.63) is 74.7 Å². The van der Waals surface area contributed by atoms with Gasteiger partial charge in [0.05, 0.1) is 32.9 Å². The number of hydrogen-bond donors (Lipinski definition) is 1. The second-order valence-corrected chi connectivity index (χ2v) is 9.46. The summed E-state index contributed by atoms with van der Waals surface area (Å²) in [6.45, 7) is 1.83. The van der Waals surface area contributed by atoms with Gasteiger partial charge in [-0.25, -0.2) is 22.5 Å². The molecule has 10 heteroatoms. The molecule has 0 saturated carbocycles. The number of ketones is 1. The van der Waals surface area contributed by atoms with Crippen LogP contribution >= 0.6 is 22.9 Å². The Labute approximate surface area is 176 Å². The van der Waals surface area contributed by atoms with Gasteiger partial charge in [-0.2, -0.15) is 0 Å². The van der Waals surface area contributed by atoms with E-state index in [0.29, 0.717) is 24.1 Å². The fourth-order valence-electron chi connectivity index (χ4n) is 2.50. The normalized spacial score (nSPS) is 11.6. The van der Waals surface area contributed by atoms with Crippen LogP contribution in [0.15, 0.2) is 46.8 Å². The lowest BCUT2D eigenvalue weighted by atomic mass is 10.1. The summed E-state index contributed by atoms with van der Waals surface area (Å²) >= 11 is 7.18. The van der Waals surface area contributed by atoms with Gasteiger partial charge in [0.2, 0.25) is 10.0 Å². The molecule has 1 aromatic carbocycles. The van der Waals surface area contributed by atoms with Gasteiger partial charge in [0.25, 0.3) is 0 Å². The maximum absolute atomic E-state index is 13.2. The maximum Gasteiger partial charge on any atom is 0.240 e. The number of pyridine rings is 1. The topological polar surface area (TPSA) is 89.0 Å². The van der Waals surface area contributed by atoms with Crippen LogP contribution in [-0.2, 0) is 23.0 Å². The third kappa shape index (κ3) is 5.66. The lowest BCUT2D eigenvalue weighted by molar-refractivity contribution is 0.0982. The molecule has 2 heterocycles. The molecule has 0 saturated heterocycles. The van der Waals surface area contributed by atoms with Gasteiger partial charge >= 0.3 is 0 Å². The third-order valence-corrected chi connectivity index (χ3v) is 6.58. The molecule has 0 fully saturated rings. The Hall–Kier alpha value is -2.20. The number of aromatic nitrogens is 2. The lowest BCUT2D eigenvalue weighted by Gasteiger charge is -2.08. The van der Waals surface area contributed by atoms with Crippen LogP contribution in [0.25, 0.3) is 0 Å². The highest BCUT2D eigenvalue weighted by molar-refractivity contribution is 7.89. The first-order valence-electron chi connectivity index (χ1n) is 8.58. The monoisotopic (exact) mass is 453 g/mol. The lowest BCUT2D eigenvalue weighted by Crippen LogP contribution is -2.23. The van der Waals surface area contributed by atoms with E-state index in [4.69, 9.17) is 11.6 Å². The number of nitrogens with zero attached hydrogens (tertiary/aromatic N) is 2. The smallest absolute Gasteiger partial charge is 0.240 e. The molecule has 0 aliphatic rings. The minimum Gasteiger partial charge on any atom is -0.294 e.